The van der Waals surface area contributed by atoms with Crippen LogP contribution in [-0.4, -0.2) is 46.5 Å². The third kappa shape index (κ3) is 5.19. The van der Waals surface area contributed by atoms with E-state index in [1.54, 1.807) is 13.0 Å². The molecule has 1 aliphatic rings. The Bertz CT molecular complexity index is 595. The van der Waals surface area contributed by atoms with Crippen molar-refractivity contribution in [2.24, 2.45) is 0 Å². The zero-order valence-corrected chi connectivity index (χ0v) is 15.7. The molecule has 0 aromatic carbocycles. The van der Waals surface area contributed by atoms with Gasteiger partial charge in [0.25, 0.3) is 0 Å². The number of aryl methyl sites for hydroxylation is 1. The van der Waals surface area contributed by atoms with Crippen molar-refractivity contribution in [2.45, 2.75) is 26.7 Å². The van der Waals surface area contributed by atoms with Crippen LogP contribution in [0.2, 0.25) is 0 Å². The lowest BCUT2D eigenvalue weighted by Gasteiger charge is -2.17. The van der Waals surface area contributed by atoms with Crippen LogP contribution in [0, 0.1) is 6.92 Å². The number of likely N-dealkylation sites (tertiary alicyclic amines) is 1. The van der Waals surface area contributed by atoms with Gasteiger partial charge in [-0.25, -0.2) is 4.79 Å². The molecule has 1 fully saturated rings. The molecule has 0 unspecified atom stereocenters. The number of carbonyl (C=O) groups excluding carboxylic acids is 2. The molecule has 0 atom stereocenters. The summed E-state index contributed by atoms with van der Waals surface area (Å²) in [5, 5.41) is 3.47. The SMILES string of the molecule is CCOC(=O)c1sc(NC(=O)CSC(=S)N2CCCC2)cc1C. The largest absolute Gasteiger partial charge is 0.462 e. The second kappa shape index (κ2) is 8.65. The summed E-state index contributed by atoms with van der Waals surface area (Å²) in [6.45, 7) is 5.91. The Kier molecular flexibility index (Phi) is 6.86. The topological polar surface area (TPSA) is 58.6 Å². The molecule has 0 spiro atoms. The van der Waals surface area contributed by atoms with Gasteiger partial charge >= 0.3 is 5.97 Å². The van der Waals surface area contributed by atoms with E-state index in [0.717, 1.165) is 35.8 Å². The van der Waals surface area contributed by atoms with Gasteiger partial charge in [0.2, 0.25) is 5.91 Å². The number of esters is 1. The van der Waals surface area contributed by atoms with Crippen LogP contribution in [-0.2, 0) is 9.53 Å². The molecular weight excluding hydrogens is 352 g/mol. The Morgan fingerprint density at radius 1 is 1.43 bits per heavy atom. The quantitative estimate of drug-likeness (QED) is 0.632. The summed E-state index contributed by atoms with van der Waals surface area (Å²) in [7, 11) is 0. The predicted molar refractivity (Wildman–Crippen MR) is 99.5 cm³/mol. The fourth-order valence-corrected chi connectivity index (χ4v) is 4.27. The van der Waals surface area contributed by atoms with Crippen molar-refractivity contribution in [3.63, 3.8) is 0 Å². The van der Waals surface area contributed by atoms with Gasteiger partial charge in [-0.15, -0.1) is 11.3 Å². The third-order valence-corrected chi connectivity index (χ3v) is 5.99. The number of amides is 1. The number of nitrogens with zero attached hydrogens (tertiary/aromatic N) is 1. The lowest BCUT2D eigenvalue weighted by molar-refractivity contribution is -0.113. The Hall–Kier alpha value is -1.12. The molecular formula is C15H20N2O3S3. The van der Waals surface area contributed by atoms with Crippen molar-refractivity contribution >= 4 is 56.5 Å². The molecule has 126 valence electrons. The van der Waals surface area contributed by atoms with Gasteiger partial charge in [-0.1, -0.05) is 24.0 Å². The van der Waals surface area contributed by atoms with E-state index < -0.39 is 0 Å². The van der Waals surface area contributed by atoms with Crippen LogP contribution in [0.4, 0.5) is 5.00 Å². The van der Waals surface area contributed by atoms with Gasteiger partial charge in [0.05, 0.1) is 17.4 Å². The van der Waals surface area contributed by atoms with Crippen LogP contribution in [0.5, 0.6) is 0 Å². The van der Waals surface area contributed by atoms with Crippen molar-refractivity contribution in [1.29, 1.82) is 0 Å². The molecule has 2 rings (SSSR count). The number of anilines is 1. The average molecular weight is 373 g/mol. The summed E-state index contributed by atoms with van der Waals surface area (Å²) >= 11 is 7.96. The molecule has 1 aromatic heterocycles. The highest BCUT2D eigenvalue weighted by Gasteiger charge is 2.18. The first-order valence-electron chi connectivity index (χ1n) is 7.50. The maximum Gasteiger partial charge on any atom is 0.348 e. The van der Waals surface area contributed by atoms with Gasteiger partial charge in [-0.2, -0.15) is 0 Å². The normalized spacial score (nSPS) is 13.9. The smallest absolute Gasteiger partial charge is 0.348 e. The van der Waals surface area contributed by atoms with Crippen molar-refractivity contribution < 1.29 is 14.3 Å². The Balaban J connectivity index is 1.84. The first-order valence-corrected chi connectivity index (χ1v) is 9.71. The molecule has 1 aliphatic heterocycles. The number of thiocarbonyl (C=S) groups is 1. The Labute approximate surface area is 149 Å². The van der Waals surface area contributed by atoms with E-state index in [9.17, 15) is 9.59 Å². The number of hydrogen-bond acceptors (Lipinski definition) is 6. The number of thioether (sulfide) groups is 1. The van der Waals surface area contributed by atoms with Crippen LogP contribution in [0.1, 0.15) is 35.0 Å². The van der Waals surface area contributed by atoms with E-state index in [2.05, 4.69) is 10.2 Å². The third-order valence-electron chi connectivity index (χ3n) is 3.33. The van der Waals surface area contributed by atoms with Gasteiger partial charge in [-0.3, -0.25) is 4.79 Å². The first kappa shape index (κ1) is 18.2. The van der Waals surface area contributed by atoms with Crippen LogP contribution < -0.4 is 5.32 Å². The fourth-order valence-electron chi connectivity index (χ4n) is 2.23. The highest BCUT2D eigenvalue weighted by atomic mass is 32.2. The second-order valence-electron chi connectivity index (χ2n) is 5.14. The van der Waals surface area contributed by atoms with Crippen LogP contribution >= 0.6 is 35.3 Å². The minimum Gasteiger partial charge on any atom is -0.462 e. The maximum atomic E-state index is 12.0. The average Bonchev–Trinajstić information content (AvgIpc) is 3.15. The lowest BCUT2D eigenvalue weighted by atomic mass is 10.3. The second-order valence-corrected chi connectivity index (χ2v) is 7.80. The zero-order valence-electron chi connectivity index (χ0n) is 13.2. The minimum atomic E-state index is -0.347. The summed E-state index contributed by atoms with van der Waals surface area (Å²) in [6.07, 6.45) is 2.33. The van der Waals surface area contributed by atoms with Gasteiger partial charge in [0.15, 0.2) is 0 Å². The van der Waals surface area contributed by atoms with E-state index >= 15 is 0 Å². The van der Waals surface area contributed by atoms with Crippen molar-refractivity contribution in [2.75, 3.05) is 30.8 Å². The standard InChI is InChI=1S/C15H20N2O3S3/c1-3-20-14(19)13-10(2)8-12(23-13)16-11(18)9-22-15(21)17-6-4-5-7-17/h8H,3-7,9H2,1-2H3,(H,16,18). The number of hydrogen-bond donors (Lipinski definition) is 1. The van der Waals surface area contributed by atoms with Crippen molar-refractivity contribution in [3.05, 3.63) is 16.5 Å². The fraction of sp³-hybridized carbons (Fsp3) is 0.533. The number of rotatable bonds is 5. The number of nitrogens with one attached hydrogen (secondary N) is 1. The molecule has 0 aliphatic carbocycles. The highest BCUT2D eigenvalue weighted by molar-refractivity contribution is 8.23. The molecule has 1 aromatic rings. The predicted octanol–water partition coefficient (Wildman–Crippen LogP) is 3.29. The van der Waals surface area contributed by atoms with Gasteiger partial charge in [0, 0.05) is 13.1 Å². The van der Waals surface area contributed by atoms with Crippen molar-refractivity contribution in [3.8, 4) is 0 Å². The van der Waals surface area contributed by atoms with E-state index in [1.807, 2.05) is 6.92 Å². The number of thiophene rings is 1. The van der Waals surface area contributed by atoms with Gasteiger partial charge < -0.3 is 15.0 Å². The van der Waals surface area contributed by atoms with E-state index in [-0.39, 0.29) is 17.6 Å². The maximum absolute atomic E-state index is 12.0. The van der Waals surface area contributed by atoms with E-state index in [4.69, 9.17) is 17.0 Å². The van der Waals surface area contributed by atoms with Gasteiger partial charge in [-0.05, 0) is 38.3 Å². The molecule has 23 heavy (non-hydrogen) atoms. The summed E-state index contributed by atoms with van der Waals surface area (Å²) in [4.78, 5) is 26.5. The van der Waals surface area contributed by atoms with E-state index in [1.165, 1.54) is 23.1 Å². The van der Waals surface area contributed by atoms with Crippen LogP contribution in [0.25, 0.3) is 0 Å². The lowest BCUT2D eigenvalue weighted by Crippen LogP contribution is -2.25. The molecule has 0 saturated carbocycles. The Morgan fingerprint density at radius 2 is 2.13 bits per heavy atom. The number of carbonyl (C=O) groups is 2. The minimum absolute atomic E-state index is 0.117. The molecule has 1 N–H and O–H groups in total. The summed E-state index contributed by atoms with van der Waals surface area (Å²) in [6, 6.07) is 1.79. The van der Waals surface area contributed by atoms with Crippen molar-refractivity contribution in [1.82, 2.24) is 4.90 Å². The molecule has 1 saturated heterocycles. The molecule has 8 heteroatoms. The molecule has 0 bridgehead atoms. The zero-order chi connectivity index (χ0) is 16.8. The monoisotopic (exact) mass is 372 g/mol. The van der Waals surface area contributed by atoms with Gasteiger partial charge in [0.1, 0.15) is 9.20 Å². The first-order chi connectivity index (χ1) is 11.0. The summed E-state index contributed by atoms with van der Waals surface area (Å²) < 4.78 is 5.78. The summed E-state index contributed by atoms with van der Waals surface area (Å²) in [5.74, 6) is -0.186. The van der Waals surface area contributed by atoms with E-state index in [0.29, 0.717) is 16.5 Å². The molecule has 2 heterocycles. The summed E-state index contributed by atoms with van der Waals surface area (Å²) in [5.41, 5.74) is 0.809. The Morgan fingerprint density at radius 3 is 2.78 bits per heavy atom. The molecule has 1 amide bonds. The molecule has 0 radical (unpaired) electrons. The van der Waals surface area contributed by atoms with Crippen LogP contribution in [0.15, 0.2) is 6.07 Å². The number of ether oxygens (including phenoxy) is 1. The highest BCUT2D eigenvalue weighted by Crippen LogP contribution is 2.27. The van der Waals surface area contributed by atoms with Crippen LogP contribution in [0.3, 0.4) is 0 Å². The molecule has 5 nitrogen and oxygen atoms in total.